The number of thiocarbonyl (C=S) groups is 1. The summed E-state index contributed by atoms with van der Waals surface area (Å²) in [5, 5.41) is 7.19. The Morgan fingerprint density at radius 2 is 1.55 bits per heavy atom. The molecular weight excluding hydrogens is 288 g/mol. The van der Waals surface area contributed by atoms with Crippen LogP contribution in [0.25, 0.3) is 11.1 Å². The topological polar surface area (TPSA) is 24.1 Å². The predicted octanol–water partition coefficient (Wildman–Crippen LogP) is 5.22. The van der Waals surface area contributed by atoms with E-state index in [0.29, 0.717) is 5.11 Å². The van der Waals surface area contributed by atoms with Gasteiger partial charge in [-0.1, -0.05) is 68.7 Å². The van der Waals surface area contributed by atoms with E-state index in [9.17, 15) is 0 Å². The second-order valence-electron chi connectivity index (χ2n) is 5.38. The number of anilines is 1. The molecule has 22 heavy (non-hydrogen) atoms. The van der Waals surface area contributed by atoms with Crippen LogP contribution in [0.4, 0.5) is 5.69 Å². The van der Waals surface area contributed by atoms with Crippen molar-refractivity contribution in [1.82, 2.24) is 5.32 Å². The van der Waals surface area contributed by atoms with E-state index in [1.807, 2.05) is 6.07 Å². The molecule has 0 saturated heterocycles. The van der Waals surface area contributed by atoms with Gasteiger partial charge in [-0.2, -0.15) is 0 Å². The second kappa shape index (κ2) is 9.21. The molecule has 0 radical (unpaired) electrons. The van der Waals surface area contributed by atoms with Crippen LogP contribution in [0.2, 0.25) is 0 Å². The first-order chi connectivity index (χ1) is 10.8. The van der Waals surface area contributed by atoms with Crippen molar-refractivity contribution in [2.24, 2.45) is 0 Å². The van der Waals surface area contributed by atoms with Crippen molar-refractivity contribution >= 4 is 23.0 Å². The molecule has 2 aromatic carbocycles. The first-order valence-corrected chi connectivity index (χ1v) is 8.41. The van der Waals surface area contributed by atoms with Gasteiger partial charge in [-0.15, -0.1) is 0 Å². The maximum absolute atomic E-state index is 5.32. The molecule has 0 amide bonds. The molecular formula is C19H24N2S. The van der Waals surface area contributed by atoms with Gasteiger partial charge in [0.1, 0.15) is 0 Å². The van der Waals surface area contributed by atoms with Crippen LogP contribution in [0.3, 0.4) is 0 Å². The number of nitrogens with one attached hydrogen (secondary N) is 2. The van der Waals surface area contributed by atoms with Gasteiger partial charge in [0.15, 0.2) is 5.11 Å². The molecule has 116 valence electrons. The van der Waals surface area contributed by atoms with Gasteiger partial charge >= 0.3 is 0 Å². The number of unbranched alkanes of at least 4 members (excludes halogenated alkanes) is 3. The Balaban J connectivity index is 1.80. The van der Waals surface area contributed by atoms with Gasteiger partial charge in [-0.05, 0) is 41.9 Å². The van der Waals surface area contributed by atoms with Crippen LogP contribution >= 0.6 is 12.2 Å². The Bertz CT molecular complexity index is 564. The van der Waals surface area contributed by atoms with Crippen LogP contribution in [0.15, 0.2) is 54.6 Å². The number of hydrogen-bond acceptors (Lipinski definition) is 1. The fourth-order valence-corrected chi connectivity index (χ4v) is 2.53. The van der Waals surface area contributed by atoms with Gasteiger partial charge in [-0.3, -0.25) is 0 Å². The Hall–Kier alpha value is -1.87. The first-order valence-electron chi connectivity index (χ1n) is 8.00. The van der Waals surface area contributed by atoms with Crippen molar-refractivity contribution in [3.05, 3.63) is 54.6 Å². The molecule has 0 saturated carbocycles. The van der Waals surface area contributed by atoms with Gasteiger partial charge in [-0.25, -0.2) is 0 Å². The minimum atomic E-state index is 0.698. The lowest BCUT2D eigenvalue weighted by Crippen LogP contribution is -2.29. The Labute approximate surface area is 139 Å². The molecule has 0 aromatic heterocycles. The Kier molecular flexibility index (Phi) is 6.91. The summed E-state index contributed by atoms with van der Waals surface area (Å²) in [7, 11) is 0. The van der Waals surface area contributed by atoms with Crippen LogP contribution in [0.5, 0.6) is 0 Å². The van der Waals surface area contributed by atoms with E-state index >= 15 is 0 Å². The van der Waals surface area contributed by atoms with E-state index in [0.717, 1.165) is 12.2 Å². The van der Waals surface area contributed by atoms with Crippen LogP contribution < -0.4 is 10.6 Å². The largest absolute Gasteiger partial charge is 0.362 e. The molecule has 0 heterocycles. The smallest absolute Gasteiger partial charge is 0.170 e. The predicted molar refractivity (Wildman–Crippen MR) is 100 cm³/mol. The van der Waals surface area contributed by atoms with E-state index in [1.165, 1.54) is 36.8 Å². The van der Waals surface area contributed by atoms with Crippen molar-refractivity contribution in [3.8, 4) is 11.1 Å². The quantitative estimate of drug-likeness (QED) is 0.541. The van der Waals surface area contributed by atoms with E-state index in [4.69, 9.17) is 12.2 Å². The monoisotopic (exact) mass is 312 g/mol. The van der Waals surface area contributed by atoms with Gasteiger partial charge in [0, 0.05) is 12.2 Å². The molecule has 3 heteroatoms. The summed E-state index contributed by atoms with van der Waals surface area (Å²) in [5.74, 6) is 0. The summed E-state index contributed by atoms with van der Waals surface area (Å²) in [5.41, 5.74) is 3.46. The van der Waals surface area contributed by atoms with Crippen LogP contribution in [0.1, 0.15) is 32.6 Å². The standard InChI is InChI=1S/C19H24N2S/c1-2-3-4-8-15-20-19(22)21-18-13-11-17(12-14-18)16-9-6-5-7-10-16/h5-7,9-14H,2-4,8,15H2,1H3,(H2,20,21,22). The Morgan fingerprint density at radius 3 is 2.23 bits per heavy atom. The van der Waals surface area contributed by atoms with Crippen molar-refractivity contribution in [3.63, 3.8) is 0 Å². The highest BCUT2D eigenvalue weighted by Gasteiger charge is 1.99. The maximum atomic E-state index is 5.32. The highest BCUT2D eigenvalue weighted by molar-refractivity contribution is 7.80. The summed E-state index contributed by atoms with van der Waals surface area (Å²) >= 11 is 5.32. The third-order valence-electron chi connectivity index (χ3n) is 3.57. The molecule has 2 rings (SSSR count). The van der Waals surface area contributed by atoms with Crippen LogP contribution in [-0.2, 0) is 0 Å². The molecule has 2 aromatic rings. The first kappa shape index (κ1) is 16.5. The van der Waals surface area contributed by atoms with E-state index in [-0.39, 0.29) is 0 Å². The van der Waals surface area contributed by atoms with Crippen molar-refractivity contribution < 1.29 is 0 Å². The molecule has 0 fully saturated rings. The van der Waals surface area contributed by atoms with E-state index in [2.05, 4.69) is 66.1 Å². The van der Waals surface area contributed by atoms with Crippen LogP contribution in [-0.4, -0.2) is 11.7 Å². The van der Waals surface area contributed by atoms with Gasteiger partial charge in [0.25, 0.3) is 0 Å². The zero-order valence-electron chi connectivity index (χ0n) is 13.1. The highest BCUT2D eigenvalue weighted by atomic mass is 32.1. The summed E-state index contributed by atoms with van der Waals surface area (Å²) in [6.07, 6.45) is 4.99. The molecule has 2 nitrogen and oxygen atoms in total. The van der Waals surface area contributed by atoms with Crippen LogP contribution in [0, 0.1) is 0 Å². The lowest BCUT2D eigenvalue weighted by molar-refractivity contribution is 0.655. The van der Waals surface area contributed by atoms with E-state index < -0.39 is 0 Å². The SMILES string of the molecule is CCCCCCNC(=S)Nc1ccc(-c2ccccc2)cc1. The molecule has 0 bridgehead atoms. The maximum Gasteiger partial charge on any atom is 0.170 e. The average molecular weight is 312 g/mol. The minimum Gasteiger partial charge on any atom is -0.362 e. The molecule has 0 spiro atoms. The number of benzene rings is 2. The number of hydrogen-bond donors (Lipinski definition) is 2. The van der Waals surface area contributed by atoms with Gasteiger partial charge in [0.05, 0.1) is 0 Å². The molecule has 0 unspecified atom stereocenters. The highest BCUT2D eigenvalue weighted by Crippen LogP contribution is 2.20. The lowest BCUT2D eigenvalue weighted by Gasteiger charge is -2.11. The van der Waals surface area contributed by atoms with E-state index in [1.54, 1.807) is 0 Å². The third kappa shape index (κ3) is 5.49. The minimum absolute atomic E-state index is 0.698. The summed E-state index contributed by atoms with van der Waals surface area (Å²) in [6.45, 7) is 3.16. The molecule has 0 aliphatic heterocycles. The normalized spacial score (nSPS) is 10.2. The summed E-state index contributed by atoms with van der Waals surface area (Å²) in [4.78, 5) is 0. The zero-order chi connectivity index (χ0) is 15.6. The summed E-state index contributed by atoms with van der Waals surface area (Å²) < 4.78 is 0. The second-order valence-corrected chi connectivity index (χ2v) is 5.79. The summed E-state index contributed by atoms with van der Waals surface area (Å²) in [6, 6.07) is 18.7. The fourth-order valence-electron chi connectivity index (χ4n) is 2.31. The molecule has 0 atom stereocenters. The lowest BCUT2D eigenvalue weighted by atomic mass is 10.1. The molecule has 2 N–H and O–H groups in total. The fraction of sp³-hybridized carbons (Fsp3) is 0.316. The zero-order valence-corrected chi connectivity index (χ0v) is 14.0. The van der Waals surface area contributed by atoms with Crippen molar-refractivity contribution in [2.45, 2.75) is 32.6 Å². The molecule has 0 aliphatic rings. The molecule has 0 aliphatic carbocycles. The average Bonchev–Trinajstić information content (AvgIpc) is 2.56. The van der Waals surface area contributed by atoms with Gasteiger partial charge < -0.3 is 10.6 Å². The van der Waals surface area contributed by atoms with Crippen molar-refractivity contribution in [1.29, 1.82) is 0 Å². The number of rotatable bonds is 7. The third-order valence-corrected chi connectivity index (χ3v) is 3.81. The van der Waals surface area contributed by atoms with Gasteiger partial charge in [0.2, 0.25) is 0 Å². The Morgan fingerprint density at radius 1 is 0.864 bits per heavy atom. The van der Waals surface area contributed by atoms with Crippen molar-refractivity contribution in [2.75, 3.05) is 11.9 Å².